The summed E-state index contributed by atoms with van der Waals surface area (Å²) in [5, 5.41) is 0. The van der Waals surface area contributed by atoms with Gasteiger partial charge in [0.05, 0.1) is 33.0 Å². The van der Waals surface area contributed by atoms with Gasteiger partial charge in [-0.05, 0) is 31.4 Å². The molecule has 0 radical (unpaired) electrons. The van der Waals surface area contributed by atoms with E-state index >= 15 is 0 Å². The summed E-state index contributed by atoms with van der Waals surface area (Å²) in [5.74, 6) is 2.11. The van der Waals surface area contributed by atoms with Crippen molar-refractivity contribution in [2.24, 2.45) is 11.7 Å². The summed E-state index contributed by atoms with van der Waals surface area (Å²) in [7, 11) is 3.26. The molecule has 2 unspecified atom stereocenters. The van der Waals surface area contributed by atoms with Crippen molar-refractivity contribution in [1.29, 1.82) is 0 Å². The van der Waals surface area contributed by atoms with Crippen molar-refractivity contribution >= 4 is 0 Å². The molecule has 0 aromatic heterocycles. The van der Waals surface area contributed by atoms with E-state index < -0.39 is 0 Å². The fourth-order valence-electron chi connectivity index (χ4n) is 2.21. The van der Waals surface area contributed by atoms with Crippen LogP contribution < -0.4 is 15.2 Å². The predicted octanol–water partition coefficient (Wildman–Crippen LogP) is 3.15. The normalized spacial score (nSPS) is 14.2. The molecule has 0 aliphatic heterocycles. The average molecular weight is 281 g/mol. The number of benzene rings is 1. The van der Waals surface area contributed by atoms with E-state index in [0.29, 0.717) is 12.5 Å². The molecule has 0 saturated carbocycles. The Labute approximate surface area is 122 Å². The number of hydrogen-bond acceptors (Lipinski definition) is 4. The number of rotatable bonds is 8. The van der Waals surface area contributed by atoms with E-state index in [4.69, 9.17) is 19.9 Å². The molecule has 0 aliphatic rings. The van der Waals surface area contributed by atoms with Crippen molar-refractivity contribution < 1.29 is 14.2 Å². The van der Waals surface area contributed by atoms with Crippen LogP contribution >= 0.6 is 0 Å². The SMILES string of the molecule is COc1ccc(C(N)COC(C)CC(C)C)c(OC)c1. The Bertz CT molecular complexity index is 407. The van der Waals surface area contributed by atoms with E-state index in [1.165, 1.54) is 0 Å². The third-order valence-electron chi connectivity index (χ3n) is 3.20. The summed E-state index contributed by atoms with van der Waals surface area (Å²) in [6.07, 6.45) is 1.25. The molecule has 4 heteroatoms. The van der Waals surface area contributed by atoms with E-state index in [9.17, 15) is 0 Å². The highest BCUT2D eigenvalue weighted by atomic mass is 16.5. The molecule has 1 aromatic rings. The lowest BCUT2D eigenvalue weighted by molar-refractivity contribution is 0.0427. The average Bonchev–Trinajstić information content (AvgIpc) is 2.43. The Morgan fingerprint density at radius 2 is 1.80 bits per heavy atom. The van der Waals surface area contributed by atoms with E-state index in [1.54, 1.807) is 14.2 Å². The van der Waals surface area contributed by atoms with Crippen LogP contribution in [-0.4, -0.2) is 26.9 Å². The van der Waals surface area contributed by atoms with Gasteiger partial charge in [-0.15, -0.1) is 0 Å². The van der Waals surface area contributed by atoms with Gasteiger partial charge in [-0.25, -0.2) is 0 Å². The third kappa shape index (κ3) is 5.02. The maximum absolute atomic E-state index is 6.20. The highest BCUT2D eigenvalue weighted by molar-refractivity contribution is 5.42. The Hall–Kier alpha value is -1.26. The van der Waals surface area contributed by atoms with Gasteiger partial charge in [-0.2, -0.15) is 0 Å². The van der Waals surface area contributed by atoms with Crippen molar-refractivity contribution in [1.82, 2.24) is 0 Å². The lowest BCUT2D eigenvalue weighted by atomic mass is 10.1. The minimum Gasteiger partial charge on any atom is -0.497 e. The first-order valence-corrected chi connectivity index (χ1v) is 7.07. The van der Waals surface area contributed by atoms with E-state index in [1.807, 2.05) is 18.2 Å². The van der Waals surface area contributed by atoms with E-state index in [-0.39, 0.29) is 12.1 Å². The van der Waals surface area contributed by atoms with Crippen LogP contribution in [0.1, 0.15) is 38.8 Å². The standard InChI is InChI=1S/C16H27NO3/c1-11(2)8-12(3)20-10-15(17)14-7-6-13(18-4)9-16(14)19-5/h6-7,9,11-12,15H,8,10,17H2,1-5H3. The Kier molecular flexibility index (Phi) is 6.82. The summed E-state index contributed by atoms with van der Waals surface area (Å²) < 4.78 is 16.4. The highest BCUT2D eigenvalue weighted by Crippen LogP contribution is 2.28. The molecule has 20 heavy (non-hydrogen) atoms. The quantitative estimate of drug-likeness (QED) is 0.795. The second-order valence-electron chi connectivity index (χ2n) is 5.49. The Morgan fingerprint density at radius 1 is 1.10 bits per heavy atom. The van der Waals surface area contributed by atoms with Crippen LogP contribution in [0.3, 0.4) is 0 Å². The zero-order valence-corrected chi connectivity index (χ0v) is 13.2. The molecule has 0 spiro atoms. The highest BCUT2D eigenvalue weighted by Gasteiger charge is 2.15. The first-order chi connectivity index (χ1) is 9.47. The lowest BCUT2D eigenvalue weighted by Crippen LogP contribution is -2.22. The molecule has 0 amide bonds. The first-order valence-electron chi connectivity index (χ1n) is 7.07. The van der Waals surface area contributed by atoms with Crippen LogP contribution in [0.5, 0.6) is 11.5 Å². The van der Waals surface area contributed by atoms with Crippen molar-refractivity contribution in [2.45, 2.75) is 39.3 Å². The van der Waals surface area contributed by atoms with Crippen LogP contribution in [0.25, 0.3) is 0 Å². The molecule has 2 N–H and O–H groups in total. The summed E-state index contributed by atoms with van der Waals surface area (Å²) in [6.45, 7) is 6.94. The minimum absolute atomic E-state index is 0.203. The molecule has 1 aromatic carbocycles. The molecule has 0 bridgehead atoms. The van der Waals surface area contributed by atoms with Crippen LogP contribution in [-0.2, 0) is 4.74 Å². The number of nitrogens with two attached hydrogens (primary N) is 1. The summed E-state index contributed by atoms with van der Waals surface area (Å²) in [5.41, 5.74) is 7.13. The summed E-state index contributed by atoms with van der Waals surface area (Å²) in [6, 6.07) is 5.45. The van der Waals surface area contributed by atoms with Gasteiger partial charge in [0.1, 0.15) is 11.5 Å². The van der Waals surface area contributed by atoms with Gasteiger partial charge in [0, 0.05) is 11.6 Å². The molecule has 1 rings (SSSR count). The second-order valence-corrected chi connectivity index (χ2v) is 5.49. The van der Waals surface area contributed by atoms with Crippen LogP contribution in [0.15, 0.2) is 18.2 Å². The van der Waals surface area contributed by atoms with Gasteiger partial charge < -0.3 is 19.9 Å². The topological polar surface area (TPSA) is 53.7 Å². The molecule has 0 fully saturated rings. The van der Waals surface area contributed by atoms with Gasteiger partial charge in [0.25, 0.3) is 0 Å². The third-order valence-corrected chi connectivity index (χ3v) is 3.20. The number of ether oxygens (including phenoxy) is 3. The van der Waals surface area contributed by atoms with Gasteiger partial charge in [0.15, 0.2) is 0 Å². The molecule has 4 nitrogen and oxygen atoms in total. The van der Waals surface area contributed by atoms with Crippen LogP contribution in [0.4, 0.5) is 0 Å². The smallest absolute Gasteiger partial charge is 0.127 e. The summed E-state index contributed by atoms with van der Waals surface area (Å²) >= 11 is 0. The molecule has 114 valence electrons. The largest absolute Gasteiger partial charge is 0.497 e. The van der Waals surface area contributed by atoms with Crippen LogP contribution in [0, 0.1) is 5.92 Å². The van der Waals surface area contributed by atoms with Crippen molar-refractivity contribution in [3.8, 4) is 11.5 Å². The molecular weight excluding hydrogens is 254 g/mol. The van der Waals surface area contributed by atoms with E-state index in [2.05, 4.69) is 20.8 Å². The fraction of sp³-hybridized carbons (Fsp3) is 0.625. The van der Waals surface area contributed by atoms with Crippen molar-refractivity contribution in [3.63, 3.8) is 0 Å². The zero-order chi connectivity index (χ0) is 15.1. The molecular formula is C16H27NO3. The van der Waals surface area contributed by atoms with Crippen LogP contribution in [0.2, 0.25) is 0 Å². The second kappa shape index (κ2) is 8.12. The van der Waals surface area contributed by atoms with Gasteiger partial charge >= 0.3 is 0 Å². The molecule has 0 aliphatic carbocycles. The predicted molar refractivity (Wildman–Crippen MR) is 81.3 cm³/mol. The monoisotopic (exact) mass is 281 g/mol. The molecule has 0 saturated heterocycles. The Balaban J connectivity index is 2.65. The first kappa shape index (κ1) is 16.8. The molecule has 0 heterocycles. The fourth-order valence-corrected chi connectivity index (χ4v) is 2.21. The minimum atomic E-state index is -0.203. The number of hydrogen-bond donors (Lipinski definition) is 1. The number of methoxy groups -OCH3 is 2. The van der Waals surface area contributed by atoms with E-state index in [0.717, 1.165) is 23.5 Å². The van der Waals surface area contributed by atoms with Crippen molar-refractivity contribution in [2.75, 3.05) is 20.8 Å². The van der Waals surface area contributed by atoms with Gasteiger partial charge in [0.2, 0.25) is 0 Å². The van der Waals surface area contributed by atoms with Gasteiger partial charge in [-0.1, -0.05) is 13.8 Å². The lowest BCUT2D eigenvalue weighted by Gasteiger charge is -2.20. The maximum atomic E-state index is 6.20. The van der Waals surface area contributed by atoms with Gasteiger partial charge in [-0.3, -0.25) is 0 Å². The molecule has 2 atom stereocenters. The zero-order valence-electron chi connectivity index (χ0n) is 13.2. The summed E-state index contributed by atoms with van der Waals surface area (Å²) in [4.78, 5) is 0. The van der Waals surface area contributed by atoms with Crippen molar-refractivity contribution in [3.05, 3.63) is 23.8 Å². The Morgan fingerprint density at radius 3 is 2.35 bits per heavy atom. The maximum Gasteiger partial charge on any atom is 0.127 e.